The van der Waals surface area contributed by atoms with Crippen LogP contribution < -0.4 is 16.0 Å². The molecule has 1 amide bonds. The number of aromatic nitrogens is 4. The SMILES string of the molecule is CCN1/C(=C/C=C/C=C/C2=[N+](CCCCCC(=O)NCC(C)(C)SSCO[C@@H]3C[C@H](n4cnc5c(N)ncnc54)O[C@@H]3COP(=O)(O)OP(=O)(O)OP(=O)(O)O)c3ccc(C)cc3C2(C)C)C(C)(C)c2cc(S(=O)(=O)[O-])ccc21.O=S([O-])[O-]. The van der Waals surface area contributed by atoms with Crippen LogP contribution in [-0.2, 0) is 73.4 Å². The third-order valence-corrected chi connectivity index (χ3v) is 21.1. The van der Waals surface area contributed by atoms with Crippen LogP contribution in [0.5, 0.6) is 0 Å². The highest BCUT2D eigenvalue weighted by atomic mass is 33.1. The minimum absolute atomic E-state index is 0.0749. The first-order valence-electron chi connectivity index (χ1n) is 25.6. The van der Waals surface area contributed by atoms with Crippen LogP contribution in [0.4, 0.5) is 17.2 Å². The molecule has 0 radical (unpaired) electrons. The molecule has 34 heteroatoms. The molecule has 4 aromatic rings. The molecule has 2 unspecified atom stereocenters. The van der Waals surface area contributed by atoms with Gasteiger partial charge in [-0.3, -0.25) is 18.1 Å². The number of amides is 1. The van der Waals surface area contributed by atoms with Gasteiger partial charge < -0.3 is 58.7 Å². The zero-order valence-corrected chi connectivity index (χ0v) is 52.4. The number of ether oxygens (including phenoxy) is 2. The number of nitrogens with two attached hydrogens (primary N) is 1. The minimum atomic E-state index is -5.76. The molecular weight excluding hydrogens is 1230 g/mol. The maximum atomic E-state index is 13.1. The molecule has 0 saturated carbocycles. The number of carbonyl (C=O) groups is 1. The van der Waals surface area contributed by atoms with Crippen molar-refractivity contribution in [1.82, 2.24) is 24.8 Å². The number of anilines is 2. The van der Waals surface area contributed by atoms with E-state index >= 15 is 0 Å². The summed E-state index contributed by atoms with van der Waals surface area (Å²) < 4.78 is 125. The molecule has 1 fully saturated rings. The maximum Gasteiger partial charge on any atom is 0.490 e. The number of benzene rings is 2. The summed E-state index contributed by atoms with van der Waals surface area (Å²) in [5.74, 6) is 0.123. The highest BCUT2D eigenvalue weighted by Gasteiger charge is 2.46. The Balaban J connectivity index is 0.00000268. The molecule has 3 aliphatic rings. The van der Waals surface area contributed by atoms with Crippen molar-refractivity contribution in [3.8, 4) is 0 Å². The van der Waals surface area contributed by atoms with Crippen molar-refractivity contribution in [2.75, 3.05) is 42.8 Å². The Hall–Kier alpha value is -4.04. The van der Waals surface area contributed by atoms with Crippen molar-refractivity contribution in [1.29, 1.82) is 0 Å². The van der Waals surface area contributed by atoms with Crippen molar-refractivity contribution >= 4 is 107 Å². The van der Waals surface area contributed by atoms with E-state index in [0.29, 0.717) is 37.1 Å². The second-order valence-corrected chi connectivity index (χ2v) is 30.0. The van der Waals surface area contributed by atoms with Crippen LogP contribution in [0.15, 0.2) is 90.0 Å². The number of likely N-dealkylation sites (N-methyl/N-ethyl adjacent to an activating group) is 1. The predicted octanol–water partition coefficient (Wildman–Crippen LogP) is 7.32. The summed E-state index contributed by atoms with van der Waals surface area (Å²) in [4.78, 5) is 64.9. The van der Waals surface area contributed by atoms with Gasteiger partial charge in [0, 0.05) is 71.6 Å². The van der Waals surface area contributed by atoms with Gasteiger partial charge in [0.2, 0.25) is 11.6 Å². The fraction of sp³-hybridized carbons (Fsp3) is 0.490. The molecule has 83 heavy (non-hydrogen) atoms. The van der Waals surface area contributed by atoms with Gasteiger partial charge >= 0.3 is 23.5 Å². The van der Waals surface area contributed by atoms with Gasteiger partial charge in [0.25, 0.3) is 0 Å². The van der Waals surface area contributed by atoms with E-state index in [0.717, 1.165) is 47.7 Å². The van der Waals surface area contributed by atoms with Crippen molar-refractivity contribution < 1.29 is 91.5 Å². The number of phosphoric ester groups is 1. The van der Waals surface area contributed by atoms with E-state index in [1.165, 1.54) is 57.5 Å². The van der Waals surface area contributed by atoms with Gasteiger partial charge in [-0.15, -0.1) is 11.4 Å². The molecule has 5 heterocycles. The average Bonchev–Trinajstić information content (AvgIpc) is 3.01. The molecule has 0 bridgehead atoms. The first kappa shape index (κ1) is 68.1. The monoisotopic (exact) mass is 1290 g/mol. The second-order valence-electron chi connectivity index (χ2n) is 20.9. The Labute approximate surface area is 491 Å². The molecule has 3 aliphatic heterocycles. The van der Waals surface area contributed by atoms with Gasteiger partial charge in [0.1, 0.15) is 46.8 Å². The predicted molar refractivity (Wildman–Crippen MR) is 309 cm³/mol. The van der Waals surface area contributed by atoms with Crippen molar-refractivity contribution in [2.45, 2.75) is 126 Å². The number of allylic oxidation sites excluding steroid dienone is 6. The topological polar surface area (TPSA) is 404 Å². The Morgan fingerprint density at radius 1 is 0.988 bits per heavy atom. The first-order chi connectivity index (χ1) is 38.6. The van der Waals surface area contributed by atoms with Crippen LogP contribution in [0.3, 0.4) is 0 Å². The largest absolute Gasteiger partial charge is 0.784 e. The standard InChI is InChI=1S/C49H67N8O16P3S3.H2O3S/c1-9-55-36-22-20-33(79(66,67)68)25-35(36)49(7,8)40(55)16-12-10-13-17-41-48(5,6)34-24-32(2)19-21-37(34)56(41)23-15-11-14-18-42(58)51-28-47(3,4)78-77-31-69-38-26-43(57-30-54-44-45(50)52-29-53-46(44)57)71-39(38)27-70-75(62,63)73-76(64,65)72-74(59,60)61;1-4(2)3/h10,12-13,16-17,19-22,24-25,29-30,38-39,43H,9,11,14-15,18,23,26-28,31H2,1-8H3,(H7-,50,51,52,53,58,59,60,61,62,63,64,65,66,67,68);(H2,1,2,3)/p-2/t38-,39-,43-;/m1./s1. The molecule has 0 spiro atoms. The van der Waals surface area contributed by atoms with E-state index in [9.17, 15) is 41.2 Å². The van der Waals surface area contributed by atoms with Crippen LogP contribution >= 0.6 is 45.1 Å². The zero-order chi connectivity index (χ0) is 61.5. The number of aryl methyl sites for hydroxylation is 1. The van der Waals surface area contributed by atoms with E-state index in [1.54, 1.807) is 10.6 Å². The molecule has 7 rings (SSSR count). The first-order valence-corrected chi connectivity index (χ1v) is 34.8. The molecule has 27 nitrogen and oxygen atoms in total. The van der Waals surface area contributed by atoms with Gasteiger partial charge in [-0.2, -0.15) is 13.2 Å². The van der Waals surface area contributed by atoms with Crippen LogP contribution in [-0.4, -0.2) is 131 Å². The van der Waals surface area contributed by atoms with Gasteiger partial charge in [-0.05, 0) is 90.3 Å². The fourth-order valence-corrected chi connectivity index (χ4v) is 15.4. The lowest BCUT2D eigenvalue weighted by atomic mass is 9.81. The summed E-state index contributed by atoms with van der Waals surface area (Å²) in [5.41, 5.74) is 13.1. The number of unbranched alkanes of at least 4 members (excludes halogenated alkanes) is 2. The average molecular weight is 1290 g/mol. The van der Waals surface area contributed by atoms with Crippen LogP contribution in [0, 0.1) is 6.92 Å². The third-order valence-electron chi connectivity index (χ3n) is 13.6. The lowest BCUT2D eigenvalue weighted by molar-refractivity contribution is -0.438. The molecule has 7 N–H and O–H groups in total. The Morgan fingerprint density at radius 2 is 1.70 bits per heavy atom. The van der Waals surface area contributed by atoms with E-state index < -0.39 is 80.2 Å². The lowest BCUT2D eigenvalue weighted by Crippen LogP contribution is -2.35. The van der Waals surface area contributed by atoms with Crippen LogP contribution in [0.1, 0.15) is 103 Å². The zero-order valence-electron chi connectivity index (χ0n) is 46.5. The third kappa shape index (κ3) is 18.3. The number of hydrogen-bond donors (Lipinski definition) is 6. The van der Waals surface area contributed by atoms with Gasteiger partial charge in [0.15, 0.2) is 17.2 Å². The maximum absolute atomic E-state index is 13.1. The summed E-state index contributed by atoms with van der Waals surface area (Å²) in [6.45, 7) is 17.6. The Morgan fingerprint density at radius 3 is 2.37 bits per heavy atom. The van der Waals surface area contributed by atoms with Gasteiger partial charge in [-0.1, -0.05) is 65.3 Å². The summed E-state index contributed by atoms with van der Waals surface area (Å²) in [7, 11) is -18.6. The summed E-state index contributed by atoms with van der Waals surface area (Å²) in [5, 5.41) is 3.05. The van der Waals surface area contributed by atoms with Crippen molar-refractivity contribution in [3.63, 3.8) is 0 Å². The molecule has 2 aromatic carbocycles. The number of phosphoric acid groups is 3. The van der Waals surface area contributed by atoms with E-state index in [1.807, 2.05) is 58.9 Å². The van der Waals surface area contributed by atoms with Crippen LogP contribution in [0.25, 0.3) is 11.2 Å². The van der Waals surface area contributed by atoms with Crippen molar-refractivity contribution in [3.05, 3.63) is 102 Å². The van der Waals surface area contributed by atoms with Gasteiger partial charge in [0.05, 0.1) is 29.3 Å². The smallest absolute Gasteiger partial charge is 0.490 e. The van der Waals surface area contributed by atoms with Crippen LogP contribution in [0.2, 0.25) is 0 Å². The number of nitrogen functional groups attached to an aromatic ring is 1. The Kier molecular flexibility index (Phi) is 22.8. The normalized spacial score (nSPS) is 20.7. The minimum Gasteiger partial charge on any atom is -0.784 e. The van der Waals surface area contributed by atoms with Crippen molar-refractivity contribution in [2.24, 2.45) is 0 Å². The second kappa shape index (κ2) is 27.8. The number of carbonyl (C=O) groups excluding carboxylic acids is 1. The van der Waals surface area contributed by atoms with E-state index in [-0.39, 0.29) is 34.4 Å². The number of imidazole rings is 1. The quantitative estimate of drug-likeness (QED) is 0.00524. The number of nitrogens with one attached hydrogen (secondary N) is 1. The van der Waals surface area contributed by atoms with E-state index in [2.05, 4.69) is 83.4 Å². The molecule has 5 atom stereocenters. The number of rotatable bonds is 26. The Bertz CT molecular complexity index is 3440. The number of hydrogen-bond acceptors (Lipinski definition) is 22. The fourth-order valence-electron chi connectivity index (χ4n) is 9.75. The number of nitrogens with zero attached hydrogens (tertiary/aromatic N) is 6. The molecular formula is C49H67N8O19P3S4-2. The summed E-state index contributed by atoms with van der Waals surface area (Å²) >= 11 is -3.11. The molecule has 1 saturated heterocycles. The molecule has 2 aromatic heterocycles. The molecule has 458 valence electrons. The summed E-state index contributed by atoms with van der Waals surface area (Å²) in [6.07, 6.45) is 13.0. The van der Waals surface area contributed by atoms with Gasteiger partial charge in [-0.25, -0.2) is 37.1 Å². The highest BCUT2D eigenvalue weighted by Crippen LogP contribution is 2.66. The lowest BCUT2D eigenvalue weighted by Gasteiger charge is -2.25. The van der Waals surface area contributed by atoms with E-state index in [4.69, 9.17) is 42.8 Å². The number of fused-ring (bicyclic) bond motifs is 3. The summed E-state index contributed by atoms with van der Waals surface area (Å²) in [6, 6.07) is 11.1. The highest BCUT2D eigenvalue weighted by molar-refractivity contribution is 8.77. The molecule has 0 aliphatic carbocycles.